The third-order valence-electron chi connectivity index (χ3n) is 2.97. The molecule has 0 bridgehead atoms. The lowest BCUT2D eigenvalue weighted by Crippen LogP contribution is -2.41. The van der Waals surface area contributed by atoms with Crippen LogP contribution in [0, 0.1) is 0 Å². The number of hydrogen-bond donors (Lipinski definition) is 1. The average molecular weight is 237 g/mol. The second kappa shape index (κ2) is 4.57. The van der Waals surface area contributed by atoms with Crippen LogP contribution in [0.15, 0.2) is 12.4 Å². The third-order valence-corrected chi connectivity index (χ3v) is 2.97. The van der Waals surface area contributed by atoms with Crippen LogP contribution in [-0.4, -0.2) is 44.3 Å². The van der Waals surface area contributed by atoms with Crippen molar-refractivity contribution in [3.8, 4) is 0 Å². The molecule has 1 aliphatic rings. The van der Waals surface area contributed by atoms with Crippen LogP contribution in [0.1, 0.15) is 18.4 Å². The van der Waals surface area contributed by atoms with Gasteiger partial charge in [-0.05, 0) is 18.4 Å². The third kappa shape index (κ3) is 2.46. The van der Waals surface area contributed by atoms with E-state index < -0.39 is 12.0 Å². The summed E-state index contributed by atoms with van der Waals surface area (Å²) in [7, 11) is 1.78. The first-order chi connectivity index (χ1) is 8.08. The molecule has 0 saturated carbocycles. The Hall–Kier alpha value is -1.85. The highest BCUT2D eigenvalue weighted by atomic mass is 16.4. The standard InChI is InChI=1S/C11H15N3O3/c1-13-7-8(6-12-13)5-10(15)14-4-2-3-9(14)11(16)17/h6-7,9H,2-5H2,1H3,(H,16,17)/t9-/m0/s1. The predicted octanol–water partition coefficient (Wildman–Crippen LogP) is 0.0382. The summed E-state index contributed by atoms with van der Waals surface area (Å²) in [6.07, 6.45) is 4.93. The van der Waals surface area contributed by atoms with E-state index in [4.69, 9.17) is 5.11 Å². The van der Waals surface area contributed by atoms with Gasteiger partial charge in [-0.2, -0.15) is 5.10 Å². The number of aryl methyl sites for hydroxylation is 1. The highest BCUT2D eigenvalue weighted by Crippen LogP contribution is 2.18. The molecule has 6 nitrogen and oxygen atoms in total. The molecule has 1 fully saturated rings. The number of aromatic nitrogens is 2. The smallest absolute Gasteiger partial charge is 0.326 e. The van der Waals surface area contributed by atoms with E-state index in [1.807, 2.05) is 0 Å². The van der Waals surface area contributed by atoms with Crippen LogP contribution in [0.5, 0.6) is 0 Å². The van der Waals surface area contributed by atoms with E-state index in [-0.39, 0.29) is 12.3 Å². The summed E-state index contributed by atoms with van der Waals surface area (Å²) in [5.41, 5.74) is 0.813. The lowest BCUT2D eigenvalue weighted by Gasteiger charge is -2.20. The lowest BCUT2D eigenvalue weighted by molar-refractivity contribution is -0.148. The zero-order chi connectivity index (χ0) is 12.4. The highest BCUT2D eigenvalue weighted by Gasteiger charge is 2.33. The molecule has 0 aliphatic carbocycles. The summed E-state index contributed by atoms with van der Waals surface area (Å²) in [4.78, 5) is 24.4. The van der Waals surface area contributed by atoms with E-state index in [0.717, 1.165) is 12.0 Å². The van der Waals surface area contributed by atoms with Gasteiger partial charge in [-0.25, -0.2) is 4.79 Å². The van der Waals surface area contributed by atoms with Gasteiger partial charge in [-0.15, -0.1) is 0 Å². The van der Waals surface area contributed by atoms with E-state index in [1.165, 1.54) is 4.90 Å². The first-order valence-corrected chi connectivity index (χ1v) is 5.57. The molecule has 1 N–H and O–H groups in total. The van der Waals surface area contributed by atoms with Gasteiger partial charge in [0.25, 0.3) is 0 Å². The van der Waals surface area contributed by atoms with Crippen molar-refractivity contribution in [1.82, 2.24) is 14.7 Å². The van der Waals surface area contributed by atoms with Crippen LogP contribution in [-0.2, 0) is 23.1 Å². The monoisotopic (exact) mass is 237 g/mol. The van der Waals surface area contributed by atoms with E-state index in [1.54, 1.807) is 24.1 Å². The largest absolute Gasteiger partial charge is 0.480 e. The maximum atomic E-state index is 12.0. The number of carboxylic acid groups (broad SMARTS) is 1. The van der Waals surface area contributed by atoms with Gasteiger partial charge in [0.2, 0.25) is 5.91 Å². The van der Waals surface area contributed by atoms with Crippen molar-refractivity contribution in [1.29, 1.82) is 0 Å². The number of nitrogens with zero attached hydrogens (tertiary/aromatic N) is 3. The average Bonchev–Trinajstić information content (AvgIpc) is 2.86. The summed E-state index contributed by atoms with van der Waals surface area (Å²) < 4.78 is 1.63. The van der Waals surface area contributed by atoms with Crippen molar-refractivity contribution in [2.24, 2.45) is 7.05 Å². The maximum absolute atomic E-state index is 12.0. The topological polar surface area (TPSA) is 75.4 Å². The Bertz CT molecular complexity index is 441. The van der Waals surface area contributed by atoms with E-state index >= 15 is 0 Å². The molecule has 1 aliphatic heterocycles. The quantitative estimate of drug-likeness (QED) is 0.805. The van der Waals surface area contributed by atoms with Crippen LogP contribution in [0.25, 0.3) is 0 Å². The Morgan fingerprint density at radius 1 is 1.59 bits per heavy atom. The van der Waals surface area contributed by atoms with Gasteiger partial charge < -0.3 is 10.0 Å². The van der Waals surface area contributed by atoms with Crippen molar-refractivity contribution in [3.05, 3.63) is 18.0 Å². The number of likely N-dealkylation sites (tertiary alicyclic amines) is 1. The molecule has 1 amide bonds. The van der Waals surface area contributed by atoms with Gasteiger partial charge in [0.15, 0.2) is 0 Å². The minimum absolute atomic E-state index is 0.136. The Kier molecular flexibility index (Phi) is 3.12. The zero-order valence-corrected chi connectivity index (χ0v) is 9.67. The Morgan fingerprint density at radius 2 is 2.35 bits per heavy atom. The zero-order valence-electron chi connectivity index (χ0n) is 9.67. The number of carboxylic acids is 1. The van der Waals surface area contributed by atoms with Gasteiger partial charge in [-0.1, -0.05) is 0 Å². The van der Waals surface area contributed by atoms with Crippen LogP contribution in [0.4, 0.5) is 0 Å². The molecule has 1 atom stereocenters. The van der Waals surface area contributed by atoms with Crippen LogP contribution < -0.4 is 0 Å². The predicted molar refractivity (Wildman–Crippen MR) is 59.3 cm³/mol. The van der Waals surface area contributed by atoms with Gasteiger partial charge >= 0.3 is 5.97 Å². The molecule has 17 heavy (non-hydrogen) atoms. The van der Waals surface area contributed by atoms with Crippen molar-refractivity contribution < 1.29 is 14.7 Å². The van der Waals surface area contributed by atoms with Crippen molar-refractivity contribution in [2.75, 3.05) is 6.54 Å². The molecule has 0 radical (unpaired) electrons. The van der Waals surface area contributed by atoms with Crippen LogP contribution >= 0.6 is 0 Å². The summed E-state index contributed by atoms with van der Waals surface area (Å²) in [5.74, 6) is -1.05. The molecule has 1 aromatic heterocycles. The minimum Gasteiger partial charge on any atom is -0.480 e. The minimum atomic E-state index is -0.915. The molecule has 0 aromatic carbocycles. The Balaban J connectivity index is 2.02. The summed E-state index contributed by atoms with van der Waals surface area (Å²) in [6, 6.07) is -0.654. The highest BCUT2D eigenvalue weighted by molar-refractivity contribution is 5.85. The van der Waals surface area contributed by atoms with Crippen LogP contribution in [0.3, 0.4) is 0 Å². The van der Waals surface area contributed by atoms with Gasteiger partial charge in [0.1, 0.15) is 6.04 Å². The molecular weight excluding hydrogens is 222 g/mol. The Labute approximate surface area is 98.8 Å². The fourth-order valence-corrected chi connectivity index (χ4v) is 2.16. The molecule has 1 aromatic rings. The number of rotatable bonds is 3. The molecule has 92 valence electrons. The molecule has 0 spiro atoms. The van der Waals surface area contributed by atoms with E-state index in [0.29, 0.717) is 13.0 Å². The molecule has 2 heterocycles. The number of hydrogen-bond acceptors (Lipinski definition) is 3. The molecule has 0 unspecified atom stereocenters. The van der Waals surface area contributed by atoms with Gasteiger partial charge in [0.05, 0.1) is 12.6 Å². The summed E-state index contributed by atoms with van der Waals surface area (Å²) in [6.45, 7) is 0.538. The van der Waals surface area contributed by atoms with Crippen molar-refractivity contribution in [3.63, 3.8) is 0 Å². The number of carbonyl (C=O) groups excluding carboxylic acids is 1. The number of carbonyl (C=O) groups is 2. The fourth-order valence-electron chi connectivity index (χ4n) is 2.16. The molecule has 2 rings (SSSR count). The second-order valence-electron chi connectivity index (χ2n) is 4.28. The van der Waals surface area contributed by atoms with E-state index in [9.17, 15) is 9.59 Å². The Morgan fingerprint density at radius 3 is 2.94 bits per heavy atom. The second-order valence-corrected chi connectivity index (χ2v) is 4.28. The lowest BCUT2D eigenvalue weighted by atomic mass is 10.2. The molecule has 1 saturated heterocycles. The summed E-state index contributed by atoms with van der Waals surface area (Å²) >= 11 is 0. The molecule has 6 heteroatoms. The van der Waals surface area contributed by atoms with Gasteiger partial charge in [0, 0.05) is 19.8 Å². The van der Waals surface area contributed by atoms with E-state index in [2.05, 4.69) is 5.10 Å². The normalized spacial score (nSPS) is 19.6. The SMILES string of the molecule is Cn1cc(CC(=O)N2CCC[C@H]2C(=O)O)cn1. The fraction of sp³-hybridized carbons (Fsp3) is 0.545. The maximum Gasteiger partial charge on any atom is 0.326 e. The van der Waals surface area contributed by atoms with Crippen molar-refractivity contribution >= 4 is 11.9 Å². The number of aliphatic carboxylic acids is 1. The first kappa shape index (κ1) is 11.6. The molecular formula is C11H15N3O3. The van der Waals surface area contributed by atoms with Crippen molar-refractivity contribution in [2.45, 2.75) is 25.3 Å². The number of amides is 1. The van der Waals surface area contributed by atoms with Crippen LogP contribution in [0.2, 0.25) is 0 Å². The van der Waals surface area contributed by atoms with Gasteiger partial charge in [-0.3, -0.25) is 9.48 Å². The first-order valence-electron chi connectivity index (χ1n) is 5.57. The summed E-state index contributed by atoms with van der Waals surface area (Å²) in [5, 5.41) is 13.0.